The number of carbonyl (C=O) groups is 2. The van der Waals surface area contributed by atoms with Crippen molar-refractivity contribution in [3.05, 3.63) is 65.2 Å². The molecule has 3 amide bonds. The van der Waals surface area contributed by atoms with Crippen LogP contribution in [0.3, 0.4) is 0 Å². The fourth-order valence-corrected chi connectivity index (χ4v) is 3.14. The molecule has 1 heterocycles. The van der Waals surface area contributed by atoms with E-state index in [1.807, 2.05) is 0 Å². The molecule has 0 aliphatic heterocycles. The van der Waals surface area contributed by atoms with E-state index < -0.39 is 23.6 Å². The molecule has 4 rings (SSSR count). The molecule has 1 fully saturated rings. The highest BCUT2D eigenvalue weighted by molar-refractivity contribution is 6.32. The van der Waals surface area contributed by atoms with Gasteiger partial charge in [0.1, 0.15) is 23.7 Å². The number of carbonyl (C=O) groups excluding carboxylic acids is 2. The zero-order valence-corrected chi connectivity index (χ0v) is 18.4. The van der Waals surface area contributed by atoms with Gasteiger partial charge in [0, 0.05) is 23.4 Å². The number of ether oxygens (including phenoxy) is 1. The van der Waals surface area contributed by atoms with Gasteiger partial charge in [-0.2, -0.15) is 13.2 Å². The number of benzene rings is 2. The second kappa shape index (κ2) is 9.74. The molecule has 1 aliphatic rings. The summed E-state index contributed by atoms with van der Waals surface area (Å²) >= 11 is 6.21. The minimum atomic E-state index is -4.91. The molecule has 0 unspecified atom stereocenters. The van der Waals surface area contributed by atoms with Crippen LogP contribution in [-0.4, -0.2) is 21.9 Å². The van der Waals surface area contributed by atoms with Crippen LogP contribution in [0.4, 0.5) is 39.5 Å². The molecule has 3 N–H and O–H groups in total. The van der Waals surface area contributed by atoms with Crippen LogP contribution >= 0.6 is 11.6 Å². The molecular formula is C22H16ClF4N5O3. The van der Waals surface area contributed by atoms with Crippen molar-refractivity contribution in [3.63, 3.8) is 0 Å². The first kappa shape index (κ1) is 24.2. The van der Waals surface area contributed by atoms with Gasteiger partial charge in [-0.25, -0.2) is 19.2 Å². The average molecular weight is 510 g/mol. The second-order valence-corrected chi connectivity index (χ2v) is 7.93. The summed E-state index contributed by atoms with van der Waals surface area (Å²) < 4.78 is 57.5. The average Bonchev–Trinajstić information content (AvgIpc) is 3.62. The summed E-state index contributed by atoms with van der Waals surface area (Å²) in [5.74, 6) is -1.01. The minimum Gasteiger partial charge on any atom is -0.437 e. The molecule has 3 aromatic rings. The van der Waals surface area contributed by atoms with E-state index in [4.69, 9.17) is 16.3 Å². The summed E-state index contributed by atoms with van der Waals surface area (Å²) in [6.45, 7) is 0. The van der Waals surface area contributed by atoms with Gasteiger partial charge in [-0.3, -0.25) is 4.79 Å². The summed E-state index contributed by atoms with van der Waals surface area (Å²) in [6.07, 6.45) is -2.01. The predicted molar refractivity (Wildman–Crippen MR) is 119 cm³/mol. The Bertz CT molecular complexity index is 1280. The lowest BCUT2D eigenvalue weighted by molar-refractivity contribution is -0.139. The third-order valence-corrected chi connectivity index (χ3v) is 5.07. The van der Waals surface area contributed by atoms with Crippen LogP contribution in [0.2, 0.25) is 5.02 Å². The first-order chi connectivity index (χ1) is 16.6. The third kappa shape index (κ3) is 6.35. The number of amides is 3. The van der Waals surface area contributed by atoms with Crippen LogP contribution in [0, 0.1) is 11.7 Å². The molecule has 0 spiro atoms. The van der Waals surface area contributed by atoms with Crippen LogP contribution in [0.5, 0.6) is 11.6 Å². The van der Waals surface area contributed by atoms with E-state index in [-0.39, 0.29) is 45.7 Å². The Balaban J connectivity index is 1.39. The predicted octanol–water partition coefficient (Wildman–Crippen LogP) is 6.07. The van der Waals surface area contributed by atoms with Crippen molar-refractivity contribution >= 4 is 40.7 Å². The van der Waals surface area contributed by atoms with Crippen LogP contribution in [0.25, 0.3) is 0 Å². The molecule has 1 aromatic heterocycles. The van der Waals surface area contributed by atoms with Crippen molar-refractivity contribution in [1.29, 1.82) is 0 Å². The first-order valence-corrected chi connectivity index (χ1v) is 10.5. The number of alkyl halides is 3. The number of rotatable bonds is 6. The Morgan fingerprint density at radius 2 is 1.66 bits per heavy atom. The molecular weight excluding hydrogens is 494 g/mol. The van der Waals surface area contributed by atoms with Gasteiger partial charge in [-0.15, -0.1) is 0 Å². The standard InChI is InChI=1S/C22H16ClF4N5O3/c23-15-8-13(31-21(34)30-12-3-5-16(24)14(7-12)22(25,26)27)4-6-17(15)35-19-9-18(28-10-29-19)32-20(33)11-1-2-11/h3-11H,1-2H2,(H2,30,31,34)(H,28,29,32,33). The Hall–Kier alpha value is -3.93. The molecule has 0 radical (unpaired) electrons. The van der Waals surface area contributed by atoms with E-state index in [1.165, 1.54) is 30.6 Å². The summed E-state index contributed by atoms with van der Waals surface area (Å²) in [5.41, 5.74) is -1.55. The molecule has 35 heavy (non-hydrogen) atoms. The van der Waals surface area contributed by atoms with Gasteiger partial charge in [-0.05, 0) is 49.2 Å². The topological polar surface area (TPSA) is 105 Å². The van der Waals surface area contributed by atoms with Gasteiger partial charge in [0.2, 0.25) is 11.8 Å². The molecule has 0 bridgehead atoms. The lowest BCUT2D eigenvalue weighted by Crippen LogP contribution is -2.20. The smallest absolute Gasteiger partial charge is 0.419 e. The molecule has 1 aliphatic carbocycles. The highest BCUT2D eigenvalue weighted by Gasteiger charge is 2.34. The summed E-state index contributed by atoms with van der Waals surface area (Å²) in [5, 5.41) is 7.36. The van der Waals surface area contributed by atoms with Crippen LogP contribution in [0.15, 0.2) is 48.8 Å². The molecule has 13 heteroatoms. The molecule has 1 saturated carbocycles. The maximum atomic E-state index is 13.4. The Morgan fingerprint density at radius 3 is 2.31 bits per heavy atom. The van der Waals surface area contributed by atoms with Crippen molar-refractivity contribution in [2.75, 3.05) is 16.0 Å². The zero-order chi connectivity index (χ0) is 25.2. The maximum Gasteiger partial charge on any atom is 0.419 e. The van der Waals surface area contributed by atoms with Crippen LogP contribution in [0.1, 0.15) is 18.4 Å². The molecule has 182 valence electrons. The van der Waals surface area contributed by atoms with Gasteiger partial charge < -0.3 is 20.7 Å². The van der Waals surface area contributed by atoms with Crippen molar-refractivity contribution in [1.82, 2.24) is 9.97 Å². The van der Waals surface area contributed by atoms with Gasteiger partial charge >= 0.3 is 12.2 Å². The number of halogens is 5. The van der Waals surface area contributed by atoms with E-state index in [9.17, 15) is 27.2 Å². The van der Waals surface area contributed by atoms with Gasteiger partial charge in [0.05, 0.1) is 10.6 Å². The number of aromatic nitrogens is 2. The van der Waals surface area contributed by atoms with Crippen molar-refractivity contribution < 1.29 is 31.9 Å². The molecule has 0 saturated heterocycles. The fourth-order valence-electron chi connectivity index (χ4n) is 2.93. The lowest BCUT2D eigenvalue weighted by Gasteiger charge is -2.13. The van der Waals surface area contributed by atoms with Crippen molar-refractivity contribution in [2.45, 2.75) is 19.0 Å². The molecule has 8 nitrogen and oxygen atoms in total. The van der Waals surface area contributed by atoms with Gasteiger partial charge in [0.15, 0.2) is 0 Å². The summed E-state index contributed by atoms with van der Waals surface area (Å²) in [6, 6.07) is 6.86. The number of nitrogens with one attached hydrogen (secondary N) is 3. The summed E-state index contributed by atoms with van der Waals surface area (Å²) in [7, 11) is 0. The Labute approximate surface area is 200 Å². The number of hydrogen-bond acceptors (Lipinski definition) is 5. The Kier molecular flexibility index (Phi) is 6.74. The highest BCUT2D eigenvalue weighted by Crippen LogP contribution is 2.34. The number of hydrogen-bond donors (Lipinski definition) is 3. The summed E-state index contributed by atoms with van der Waals surface area (Å²) in [4.78, 5) is 32.0. The fraction of sp³-hybridized carbons (Fsp3) is 0.182. The van der Waals surface area contributed by atoms with E-state index in [0.717, 1.165) is 18.9 Å². The number of nitrogens with zero attached hydrogens (tertiary/aromatic N) is 2. The van der Waals surface area contributed by atoms with Gasteiger partial charge in [-0.1, -0.05) is 11.6 Å². The number of urea groups is 1. The van der Waals surface area contributed by atoms with E-state index in [2.05, 4.69) is 25.9 Å². The van der Waals surface area contributed by atoms with E-state index >= 15 is 0 Å². The maximum absolute atomic E-state index is 13.4. The largest absolute Gasteiger partial charge is 0.437 e. The lowest BCUT2D eigenvalue weighted by atomic mass is 10.2. The third-order valence-electron chi connectivity index (χ3n) is 4.78. The van der Waals surface area contributed by atoms with E-state index in [0.29, 0.717) is 12.1 Å². The Morgan fingerprint density at radius 1 is 0.971 bits per heavy atom. The highest BCUT2D eigenvalue weighted by atomic mass is 35.5. The SMILES string of the molecule is O=C(Nc1ccc(Oc2cc(NC(=O)C3CC3)ncn2)c(Cl)c1)Nc1ccc(F)c(C(F)(F)F)c1. The second-order valence-electron chi connectivity index (χ2n) is 7.52. The normalized spacial score (nSPS) is 13.2. The van der Waals surface area contributed by atoms with E-state index in [1.54, 1.807) is 0 Å². The van der Waals surface area contributed by atoms with Crippen LogP contribution in [-0.2, 0) is 11.0 Å². The quantitative estimate of drug-likeness (QED) is 0.350. The van der Waals surface area contributed by atoms with Crippen molar-refractivity contribution in [2.24, 2.45) is 5.92 Å². The van der Waals surface area contributed by atoms with Gasteiger partial charge in [0.25, 0.3) is 0 Å². The monoisotopic (exact) mass is 509 g/mol. The zero-order valence-electron chi connectivity index (χ0n) is 17.6. The molecule has 2 aromatic carbocycles. The number of anilines is 3. The minimum absolute atomic E-state index is 0.00392. The van der Waals surface area contributed by atoms with Crippen LogP contribution < -0.4 is 20.7 Å². The van der Waals surface area contributed by atoms with Crippen molar-refractivity contribution in [3.8, 4) is 11.6 Å². The molecule has 0 atom stereocenters. The first-order valence-electron chi connectivity index (χ1n) is 10.1.